The zero-order valence-corrected chi connectivity index (χ0v) is 16.6. The Hall–Kier alpha value is -4.13. The van der Waals surface area contributed by atoms with Crippen LogP contribution >= 0.6 is 0 Å². The standard InChI is InChI=1S/C22H17F3N6O/c23-22(24,25)21-26-12-13-31(21)17-8-6-16(7-9-17)27-14-20(32)28-19-11-10-18(29-30-19)15-4-2-1-3-5-15/h2,4-12,21,27H,13-14H2,(H,28,30,32). The molecular weight excluding hydrogens is 421 g/mol. The van der Waals surface area contributed by atoms with E-state index in [-0.39, 0.29) is 19.0 Å². The molecule has 3 aromatic rings. The number of nitrogens with one attached hydrogen (secondary N) is 2. The highest BCUT2D eigenvalue weighted by molar-refractivity contribution is 5.93. The molecule has 4 rings (SSSR count). The van der Waals surface area contributed by atoms with Gasteiger partial charge in [0.2, 0.25) is 12.1 Å². The van der Waals surface area contributed by atoms with Crippen molar-refractivity contribution in [1.82, 2.24) is 10.2 Å². The molecule has 0 aliphatic carbocycles. The van der Waals surface area contributed by atoms with Gasteiger partial charge in [-0.1, -0.05) is 12.1 Å². The third-order valence-corrected chi connectivity index (χ3v) is 4.65. The van der Waals surface area contributed by atoms with Crippen molar-refractivity contribution in [2.75, 3.05) is 28.6 Å². The van der Waals surface area contributed by atoms with Crippen LogP contribution in [0.5, 0.6) is 0 Å². The first-order valence-electron chi connectivity index (χ1n) is 9.61. The van der Waals surface area contributed by atoms with E-state index in [0.717, 1.165) is 10.5 Å². The maximum absolute atomic E-state index is 13.0. The van der Waals surface area contributed by atoms with Crippen LogP contribution in [-0.2, 0) is 4.79 Å². The molecule has 0 fully saturated rings. The molecule has 2 heterocycles. The van der Waals surface area contributed by atoms with Crippen LogP contribution in [0.2, 0.25) is 0 Å². The van der Waals surface area contributed by atoms with Gasteiger partial charge in [0.25, 0.3) is 0 Å². The van der Waals surface area contributed by atoms with Crippen molar-refractivity contribution in [2.24, 2.45) is 4.99 Å². The molecule has 1 amide bonds. The van der Waals surface area contributed by atoms with Crippen LogP contribution in [0, 0.1) is 12.1 Å². The number of rotatable bonds is 6. The molecule has 0 saturated carbocycles. The van der Waals surface area contributed by atoms with Gasteiger partial charge in [0.15, 0.2) is 5.82 Å². The lowest BCUT2D eigenvalue weighted by molar-refractivity contribution is -0.145. The van der Waals surface area contributed by atoms with E-state index in [1.54, 1.807) is 48.5 Å². The number of carbonyl (C=O) groups is 1. The number of hydrogen-bond donors (Lipinski definition) is 2. The molecule has 0 bridgehead atoms. The monoisotopic (exact) mass is 438 g/mol. The Labute approximate surface area is 182 Å². The second-order valence-corrected chi connectivity index (χ2v) is 6.87. The lowest BCUT2D eigenvalue weighted by Crippen LogP contribution is -2.41. The molecule has 32 heavy (non-hydrogen) atoms. The molecule has 1 aromatic heterocycles. The molecule has 0 spiro atoms. The molecule has 162 valence electrons. The summed E-state index contributed by atoms with van der Waals surface area (Å²) in [6, 6.07) is 20.6. The van der Waals surface area contributed by atoms with Crippen LogP contribution in [0.1, 0.15) is 0 Å². The van der Waals surface area contributed by atoms with Crippen LogP contribution in [0.4, 0.5) is 30.4 Å². The Morgan fingerprint density at radius 2 is 1.91 bits per heavy atom. The number of benzene rings is 1. The fourth-order valence-corrected chi connectivity index (χ4v) is 3.12. The number of aromatic nitrogens is 2. The van der Waals surface area contributed by atoms with Crippen molar-refractivity contribution in [3.8, 4) is 11.3 Å². The summed E-state index contributed by atoms with van der Waals surface area (Å²) in [6.45, 7) is 0.0322. The van der Waals surface area contributed by atoms with E-state index >= 15 is 0 Å². The zero-order chi connectivity index (χ0) is 22.6. The first-order chi connectivity index (χ1) is 15.4. The maximum atomic E-state index is 13.0. The summed E-state index contributed by atoms with van der Waals surface area (Å²) in [5, 5.41) is 13.6. The Bertz CT molecular complexity index is 1090. The zero-order valence-electron chi connectivity index (χ0n) is 16.6. The second-order valence-electron chi connectivity index (χ2n) is 6.87. The number of anilines is 3. The summed E-state index contributed by atoms with van der Waals surface area (Å²) < 4.78 is 39.1. The Balaban J connectivity index is 1.30. The molecule has 2 N–H and O–H groups in total. The quantitative estimate of drug-likeness (QED) is 0.615. The highest BCUT2D eigenvalue weighted by Gasteiger charge is 2.45. The van der Waals surface area contributed by atoms with Gasteiger partial charge in [0, 0.05) is 23.2 Å². The van der Waals surface area contributed by atoms with Gasteiger partial charge in [-0.05, 0) is 54.6 Å². The number of carbonyl (C=O) groups excluding carboxylic acids is 1. The average molecular weight is 438 g/mol. The van der Waals surface area contributed by atoms with Crippen molar-refractivity contribution in [2.45, 2.75) is 12.3 Å². The molecule has 1 atom stereocenters. The van der Waals surface area contributed by atoms with Crippen molar-refractivity contribution >= 4 is 29.3 Å². The van der Waals surface area contributed by atoms with E-state index in [9.17, 15) is 18.0 Å². The highest BCUT2D eigenvalue weighted by Crippen LogP contribution is 2.32. The van der Waals surface area contributed by atoms with Crippen molar-refractivity contribution < 1.29 is 18.0 Å². The van der Waals surface area contributed by atoms with Gasteiger partial charge in [-0.3, -0.25) is 9.79 Å². The van der Waals surface area contributed by atoms with E-state index in [4.69, 9.17) is 0 Å². The van der Waals surface area contributed by atoms with Gasteiger partial charge < -0.3 is 15.5 Å². The molecule has 1 aliphatic rings. The SMILES string of the molecule is O=C(CNc1ccc(N2CC=NC2C(F)(F)F)cc1)Nc1ccc(-c2cc#ccc2)nn1. The largest absolute Gasteiger partial charge is 0.429 e. The van der Waals surface area contributed by atoms with E-state index < -0.39 is 12.3 Å². The van der Waals surface area contributed by atoms with E-state index in [1.165, 1.54) is 6.21 Å². The minimum absolute atomic E-state index is 0.0513. The normalized spacial score (nSPS) is 15.3. The van der Waals surface area contributed by atoms with Gasteiger partial charge in [0.1, 0.15) is 0 Å². The number of nitrogens with zero attached hydrogens (tertiary/aromatic N) is 4. The molecule has 7 nitrogen and oxygen atoms in total. The third kappa shape index (κ3) is 4.95. The Morgan fingerprint density at radius 3 is 2.56 bits per heavy atom. The van der Waals surface area contributed by atoms with Gasteiger partial charge in [-0.15, -0.1) is 10.2 Å². The Morgan fingerprint density at radius 1 is 1.09 bits per heavy atom. The molecule has 0 saturated heterocycles. The average Bonchev–Trinajstić information content (AvgIpc) is 3.30. The van der Waals surface area contributed by atoms with Crippen LogP contribution in [0.25, 0.3) is 11.3 Å². The summed E-state index contributed by atoms with van der Waals surface area (Å²) in [5.41, 5.74) is 2.46. The minimum atomic E-state index is -4.44. The predicted molar refractivity (Wildman–Crippen MR) is 114 cm³/mol. The smallest absolute Gasteiger partial charge is 0.376 e. The first-order valence-corrected chi connectivity index (χ1v) is 9.61. The number of amides is 1. The summed E-state index contributed by atoms with van der Waals surface area (Å²) in [7, 11) is 0. The predicted octanol–water partition coefficient (Wildman–Crippen LogP) is 3.57. The molecule has 1 aliphatic heterocycles. The van der Waals surface area contributed by atoms with Crippen LogP contribution in [0.3, 0.4) is 0 Å². The van der Waals surface area contributed by atoms with Gasteiger partial charge in [0.05, 0.1) is 18.8 Å². The number of hydrogen-bond acceptors (Lipinski definition) is 6. The minimum Gasteiger partial charge on any atom is -0.376 e. The second kappa shape index (κ2) is 8.93. The molecule has 0 radical (unpaired) electrons. The number of aliphatic imine (C=N–C) groups is 1. The molecule has 2 aromatic carbocycles. The number of halogens is 3. The molecule has 1 unspecified atom stereocenters. The van der Waals surface area contributed by atoms with Crippen molar-refractivity contribution in [1.29, 1.82) is 0 Å². The first kappa shape index (κ1) is 21.1. The highest BCUT2D eigenvalue weighted by atomic mass is 19.4. The van der Waals surface area contributed by atoms with Crippen molar-refractivity contribution in [3.05, 3.63) is 66.7 Å². The lowest BCUT2D eigenvalue weighted by Gasteiger charge is -2.27. The van der Waals surface area contributed by atoms with Crippen molar-refractivity contribution in [3.63, 3.8) is 0 Å². The van der Waals surface area contributed by atoms with Gasteiger partial charge in [-0.25, -0.2) is 0 Å². The number of alkyl halides is 3. The summed E-state index contributed by atoms with van der Waals surface area (Å²) in [6.07, 6.45) is -5.07. The topological polar surface area (TPSA) is 82.5 Å². The van der Waals surface area contributed by atoms with Gasteiger partial charge >= 0.3 is 6.18 Å². The molecular formula is C22H17F3N6O. The van der Waals surface area contributed by atoms with E-state index in [1.807, 2.05) is 6.07 Å². The summed E-state index contributed by atoms with van der Waals surface area (Å²) in [5.74, 6) is -0.0431. The maximum Gasteiger partial charge on any atom is 0.429 e. The summed E-state index contributed by atoms with van der Waals surface area (Å²) >= 11 is 0. The van der Waals surface area contributed by atoms with E-state index in [2.05, 4.69) is 38.0 Å². The Kier molecular flexibility index (Phi) is 5.89. The van der Waals surface area contributed by atoms with E-state index in [0.29, 0.717) is 22.9 Å². The van der Waals surface area contributed by atoms with Crippen LogP contribution in [0.15, 0.2) is 59.6 Å². The fourth-order valence-electron chi connectivity index (χ4n) is 3.12. The lowest BCUT2D eigenvalue weighted by atomic mass is 10.2. The van der Waals surface area contributed by atoms with Crippen LogP contribution in [-0.4, -0.2) is 47.8 Å². The fraction of sp³-hybridized carbons (Fsp3) is 0.182. The third-order valence-electron chi connectivity index (χ3n) is 4.65. The van der Waals surface area contributed by atoms with Gasteiger partial charge in [-0.2, -0.15) is 13.2 Å². The molecule has 10 heteroatoms. The summed E-state index contributed by atoms with van der Waals surface area (Å²) in [4.78, 5) is 16.8. The van der Waals surface area contributed by atoms with Crippen LogP contribution < -0.4 is 15.5 Å².